The second kappa shape index (κ2) is 3.25. The minimum absolute atomic E-state index is 0.578. The molecule has 1 aliphatic rings. The normalized spacial score (nSPS) is 48.2. The van der Waals surface area contributed by atoms with E-state index in [2.05, 4.69) is 4.74 Å². The molecule has 0 radical (unpaired) electrons. The Hall–Kier alpha value is -0.240. The summed E-state index contributed by atoms with van der Waals surface area (Å²) < 4.78 is 4.57. The Kier molecular flexibility index (Phi) is 2.67. The van der Waals surface area contributed by atoms with E-state index in [1.54, 1.807) is 0 Å². The first kappa shape index (κ1) is 9.85. The molecular formula is C6H12O6. The lowest BCUT2D eigenvalue weighted by Gasteiger charge is -2.26. The van der Waals surface area contributed by atoms with Gasteiger partial charge in [-0.25, -0.2) is 0 Å². The molecule has 0 unspecified atom stereocenters. The summed E-state index contributed by atoms with van der Waals surface area (Å²) in [6, 6.07) is 0. The first-order valence-corrected chi connectivity index (χ1v) is 3.52. The molecule has 0 bridgehead atoms. The molecule has 0 aromatic rings. The summed E-state index contributed by atoms with van der Waals surface area (Å²) >= 11 is 0. The molecule has 5 N–H and O–H groups in total. The summed E-state index contributed by atoms with van der Waals surface area (Å²) in [5.74, 6) is 0. The lowest BCUT2D eigenvalue weighted by Crippen LogP contribution is -2.52. The molecule has 0 aromatic heterocycles. The van der Waals surface area contributed by atoms with Gasteiger partial charge >= 0.3 is 0 Å². The zero-order valence-electron chi connectivity index (χ0n) is 6.29. The van der Waals surface area contributed by atoms with Crippen LogP contribution in [0.4, 0.5) is 0 Å². The molecule has 0 saturated carbocycles. The Morgan fingerprint density at radius 2 is 1.83 bits per heavy atom. The van der Waals surface area contributed by atoms with Crippen LogP contribution >= 0.6 is 0 Å². The van der Waals surface area contributed by atoms with Crippen molar-refractivity contribution in [3.63, 3.8) is 0 Å². The second-order valence-corrected chi connectivity index (χ2v) is 2.79. The SMILES string of the molecule is OC[C@H]1O[C@@H](O)[C@H](O)[C@@]1(O)CO. The quantitative estimate of drug-likeness (QED) is 0.306. The summed E-state index contributed by atoms with van der Waals surface area (Å²) in [6.07, 6.45) is -4.33. The monoisotopic (exact) mass is 180 g/mol. The van der Waals surface area contributed by atoms with Gasteiger partial charge in [0.05, 0.1) is 13.2 Å². The van der Waals surface area contributed by atoms with Gasteiger partial charge in [0.1, 0.15) is 17.8 Å². The Bertz CT molecular complexity index is 162. The van der Waals surface area contributed by atoms with Crippen LogP contribution in [0.5, 0.6) is 0 Å². The first-order chi connectivity index (χ1) is 5.56. The van der Waals surface area contributed by atoms with E-state index in [9.17, 15) is 5.11 Å². The minimum Gasteiger partial charge on any atom is -0.394 e. The summed E-state index contributed by atoms with van der Waals surface area (Å²) in [5.41, 5.74) is -1.98. The molecule has 0 aromatic carbocycles. The maximum atomic E-state index is 9.45. The third kappa shape index (κ3) is 1.22. The van der Waals surface area contributed by atoms with Crippen molar-refractivity contribution >= 4 is 0 Å². The third-order valence-electron chi connectivity index (χ3n) is 2.06. The minimum atomic E-state index is -1.98. The van der Waals surface area contributed by atoms with Crippen LogP contribution < -0.4 is 0 Å². The van der Waals surface area contributed by atoms with Gasteiger partial charge in [-0.1, -0.05) is 0 Å². The molecule has 6 heteroatoms. The van der Waals surface area contributed by atoms with Crippen LogP contribution in [0.25, 0.3) is 0 Å². The molecule has 0 spiro atoms. The van der Waals surface area contributed by atoms with Gasteiger partial charge in [0.15, 0.2) is 6.29 Å². The fraction of sp³-hybridized carbons (Fsp3) is 1.00. The van der Waals surface area contributed by atoms with E-state index in [1.165, 1.54) is 0 Å². The summed E-state index contributed by atoms with van der Waals surface area (Å²) in [7, 11) is 0. The number of ether oxygens (including phenoxy) is 1. The zero-order valence-corrected chi connectivity index (χ0v) is 6.29. The number of rotatable bonds is 2. The summed E-state index contributed by atoms with van der Waals surface area (Å²) in [5, 5.41) is 44.8. The van der Waals surface area contributed by atoms with Gasteiger partial charge in [0.2, 0.25) is 0 Å². The van der Waals surface area contributed by atoms with Gasteiger partial charge in [-0.05, 0) is 0 Å². The molecule has 1 saturated heterocycles. The molecular weight excluding hydrogens is 168 g/mol. The zero-order chi connectivity index (χ0) is 9.35. The maximum absolute atomic E-state index is 9.45. The van der Waals surface area contributed by atoms with E-state index >= 15 is 0 Å². The fourth-order valence-electron chi connectivity index (χ4n) is 1.19. The van der Waals surface area contributed by atoms with Crippen molar-refractivity contribution in [2.75, 3.05) is 13.2 Å². The number of aliphatic hydroxyl groups excluding tert-OH is 4. The third-order valence-corrected chi connectivity index (χ3v) is 2.06. The van der Waals surface area contributed by atoms with Crippen LogP contribution in [0.3, 0.4) is 0 Å². The van der Waals surface area contributed by atoms with Gasteiger partial charge < -0.3 is 30.3 Å². The van der Waals surface area contributed by atoms with E-state index in [1.807, 2.05) is 0 Å². The average Bonchev–Trinajstić information content (AvgIpc) is 2.30. The van der Waals surface area contributed by atoms with E-state index < -0.39 is 37.3 Å². The summed E-state index contributed by atoms with van der Waals surface area (Å²) in [6.45, 7) is -1.36. The fourth-order valence-corrected chi connectivity index (χ4v) is 1.19. The molecule has 1 heterocycles. The average molecular weight is 180 g/mol. The lowest BCUT2D eigenvalue weighted by atomic mass is 9.94. The Labute approximate surface area is 68.6 Å². The van der Waals surface area contributed by atoms with Crippen LogP contribution in [0.2, 0.25) is 0 Å². The standard InChI is InChI=1S/C6H12O6/c7-1-3-6(11,2-8)4(9)5(10)12-3/h3-5,7-11H,1-2H2/t3-,4+,5-,6-/m1/s1. The van der Waals surface area contributed by atoms with Gasteiger partial charge in [-0.3, -0.25) is 0 Å². The Morgan fingerprint density at radius 1 is 1.25 bits per heavy atom. The molecule has 1 fully saturated rings. The first-order valence-electron chi connectivity index (χ1n) is 3.52. The molecule has 0 amide bonds. The van der Waals surface area contributed by atoms with Crippen molar-refractivity contribution in [1.29, 1.82) is 0 Å². The van der Waals surface area contributed by atoms with Crippen LogP contribution in [0, 0.1) is 0 Å². The van der Waals surface area contributed by atoms with Crippen molar-refractivity contribution in [1.82, 2.24) is 0 Å². The largest absolute Gasteiger partial charge is 0.394 e. The topological polar surface area (TPSA) is 110 Å². The van der Waals surface area contributed by atoms with Gasteiger partial charge in [-0.2, -0.15) is 0 Å². The predicted octanol–water partition coefficient (Wildman–Crippen LogP) is -3.22. The number of hydrogen-bond acceptors (Lipinski definition) is 6. The highest BCUT2D eigenvalue weighted by atomic mass is 16.7. The van der Waals surface area contributed by atoms with Crippen LogP contribution in [0.1, 0.15) is 0 Å². The molecule has 1 aliphatic heterocycles. The van der Waals surface area contributed by atoms with Crippen LogP contribution in [-0.2, 0) is 4.74 Å². The number of hydrogen-bond donors (Lipinski definition) is 5. The molecule has 1 rings (SSSR count). The van der Waals surface area contributed by atoms with Crippen molar-refractivity contribution in [3.05, 3.63) is 0 Å². The molecule has 0 aliphatic carbocycles. The second-order valence-electron chi connectivity index (χ2n) is 2.79. The van der Waals surface area contributed by atoms with E-state index in [4.69, 9.17) is 20.4 Å². The predicted molar refractivity (Wildman–Crippen MR) is 36.0 cm³/mol. The van der Waals surface area contributed by atoms with Crippen molar-refractivity contribution < 1.29 is 30.3 Å². The highest BCUT2D eigenvalue weighted by molar-refractivity contribution is 5.00. The van der Waals surface area contributed by atoms with Gasteiger partial charge in [-0.15, -0.1) is 0 Å². The van der Waals surface area contributed by atoms with Crippen molar-refractivity contribution in [3.8, 4) is 0 Å². The van der Waals surface area contributed by atoms with Gasteiger partial charge in [0.25, 0.3) is 0 Å². The van der Waals surface area contributed by atoms with E-state index in [0.29, 0.717) is 0 Å². The van der Waals surface area contributed by atoms with Crippen LogP contribution in [0.15, 0.2) is 0 Å². The van der Waals surface area contributed by atoms with Crippen molar-refractivity contribution in [2.45, 2.75) is 24.1 Å². The van der Waals surface area contributed by atoms with Crippen LogP contribution in [-0.4, -0.2) is 62.8 Å². The summed E-state index contributed by atoms with van der Waals surface area (Å²) in [4.78, 5) is 0. The molecule has 6 nitrogen and oxygen atoms in total. The Morgan fingerprint density at radius 3 is 2.17 bits per heavy atom. The molecule has 72 valence electrons. The van der Waals surface area contributed by atoms with Crippen molar-refractivity contribution in [2.24, 2.45) is 0 Å². The number of aliphatic hydroxyl groups is 5. The van der Waals surface area contributed by atoms with E-state index in [-0.39, 0.29) is 0 Å². The van der Waals surface area contributed by atoms with Gasteiger partial charge in [0, 0.05) is 0 Å². The highest BCUT2D eigenvalue weighted by Crippen LogP contribution is 2.29. The highest BCUT2D eigenvalue weighted by Gasteiger charge is 2.54. The maximum Gasteiger partial charge on any atom is 0.184 e. The smallest absolute Gasteiger partial charge is 0.184 e. The molecule has 12 heavy (non-hydrogen) atoms. The Balaban J connectivity index is 2.80. The lowest BCUT2D eigenvalue weighted by molar-refractivity contribution is -0.132. The van der Waals surface area contributed by atoms with E-state index in [0.717, 1.165) is 0 Å². The molecule has 4 atom stereocenters.